The van der Waals surface area contributed by atoms with Gasteiger partial charge in [0, 0.05) is 6.04 Å². The smallest absolute Gasteiger partial charge is 0.0601 e. The number of benzene rings is 1. The van der Waals surface area contributed by atoms with E-state index in [-0.39, 0.29) is 18.1 Å². The summed E-state index contributed by atoms with van der Waals surface area (Å²) < 4.78 is 5.36. The molecular weight excluding hydrogens is 214 g/mol. The number of hydrogen-bond donors (Lipinski definition) is 2. The molecule has 1 unspecified atom stereocenters. The zero-order valence-corrected chi connectivity index (χ0v) is 10.8. The normalized spacial score (nSPS) is 19.8. The van der Waals surface area contributed by atoms with Crippen LogP contribution in [-0.4, -0.2) is 31.0 Å². The van der Waals surface area contributed by atoms with E-state index in [1.807, 2.05) is 0 Å². The molecule has 0 saturated carbocycles. The van der Waals surface area contributed by atoms with E-state index >= 15 is 0 Å². The largest absolute Gasteiger partial charge is 0.395 e. The molecule has 1 saturated heterocycles. The number of nitrogens with two attached hydrogens (primary N) is 1. The van der Waals surface area contributed by atoms with Crippen LogP contribution in [0.25, 0.3) is 0 Å². The summed E-state index contributed by atoms with van der Waals surface area (Å²) in [4.78, 5) is 0. The second-order valence-corrected chi connectivity index (χ2v) is 5.21. The van der Waals surface area contributed by atoms with Crippen molar-refractivity contribution >= 4 is 0 Å². The minimum absolute atomic E-state index is 0.00385. The number of aliphatic hydroxyl groups is 1. The summed E-state index contributed by atoms with van der Waals surface area (Å²) in [7, 11) is 0. The fraction of sp³-hybridized carbons (Fsp3) is 0.571. The third-order valence-electron chi connectivity index (χ3n) is 3.80. The molecule has 0 bridgehead atoms. The molecule has 0 amide bonds. The van der Waals surface area contributed by atoms with Gasteiger partial charge in [0.1, 0.15) is 0 Å². The van der Waals surface area contributed by atoms with Crippen LogP contribution in [0.15, 0.2) is 12.1 Å². The second kappa shape index (κ2) is 4.41. The standard InChI is InChI=1S/C14H21NO2/c1-9-4-10(2)13(11(3)5-9)14(7-17-8-14)12(15)6-16/h4-5,12,16H,6-8,15H2,1-3H3. The Balaban J connectivity index is 2.51. The van der Waals surface area contributed by atoms with Crippen LogP contribution in [-0.2, 0) is 10.2 Å². The van der Waals surface area contributed by atoms with E-state index in [0.717, 1.165) is 0 Å². The SMILES string of the molecule is Cc1cc(C)c(C2(C(N)CO)COC2)c(C)c1. The Labute approximate surface area is 103 Å². The van der Waals surface area contributed by atoms with Crippen LogP contribution in [0.5, 0.6) is 0 Å². The number of aliphatic hydroxyl groups excluding tert-OH is 1. The maximum Gasteiger partial charge on any atom is 0.0601 e. The summed E-state index contributed by atoms with van der Waals surface area (Å²) >= 11 is 0. The molecular formula is C14H21NO2. The highest BCUT2D eigenvalue weighted by Crippen LogP contribution is 2.39. The molecule has 94 valence electrons. The van der Waals surface area contributed by atoms with E-state index in [1.165, 1.54) is 22.3 Å². The van der Waals surface area contributed by atoms with Crippen molar-refractivity contribution in [3.8, 4) is 0 Å². The molecule has 3 N–H and O–H groups in total. The average Bonchev–Trinajstić information content (AvgIpc) is 2.19. The van der Waals surface area contributed by atoms with Gasteiger partial charge in [-0.15, -0.1) is 0 Å². The van der Waals surface area contributed by atoms with Crippen LogP contribution in [0, 0.1) is 20.8 Å². The first-order valence-electron chi connectivity index (χ1n) is 6.04. The molecule has 1 aliphatic rings. The maximum atomic E-state index is 9.35. The highest BCUT2D eigenvalue weighted by Gasteiger charge is 2.47. The summed E-state index contributed by atoms with van der Waals surface area (Å²) in [6.07, 6.45) is 0. The Kier molecular flexibility index (Phi) is 3.25. The summed E-state index contributed by atoms with van der Waals surface area (Å²) in [5.74, 6) is 0. The topological polar surface area (TPSA) is 55.5 Å². The van der Waals surface area contributed by atoms with Crippen LogP contribution in [0.4, 0.5) is 0 Å². The number of ether oxygens (including phenoxy) is 1. The predicted molar refractivity (Wildman–Crippen MR) is 68.2 cm³/mol. The average molecular weight is 235 g/mol. The molecule has 1 atom stereocenters. The number of aryl methyl sites for hydroxylation is 3. The van der Waals surface area contributed by atoms with E-state index < -0.39 is 0 Å². The Hall–Kier alpha value is -0.900. The molecule has 1 heterocycles. The van der Waals surface area contributed by atoms with Crippen molar-refractivity contribution < 1.29 is 9.84 Å². The van der Waals surface area contributed by atoms with Crippen LogP contribution in [0.3, 0.4) is 0 Å². The van der Waals surface area contributed by atoms with Gasteiger partial charge in [-0.2, -0.15) is 0 Å². The van der Waals surface area contributed by atoms with E-state index in [2.05, 4.69) is 32.9 Å². The molecule has 0 radical (unpaired) electrons. The lowest BCUT2D eigenvalue weighted by Crippen LogP contribution is -2.60. The molecule has 1 aliphatic heterocycles. The van der Waals surface area contributed by atoms with Gasteiger partial charge in [-0.1, -0.05) is 17.7 Å². The lowest BCUT2D eigenvalue weighted by atomic mass is 9.69. The predicted octanol–water partition coefficient (Wildman–Crippen LogP) is 1.20. The van der Waals surface area contributed by atoms with Crippen molar-refractivity contribution in [1.29, 1.82) is 0 Å². The summed E-state index contributed by atoms with van der Waals surface area (Å²) in [5, 5.41) is 9.35. The fourth-order valence-electron chi connectivity index (χ4n) is 3.01. The fourth-order valence-corrected chi connectivity index (χ4v) is 3.01. The number of rotatable bonds is 3. The van der Waals surface area contributed by atoms with Gasteiger partial charge in [-0.3, -0.25) is 0 Å². The molecule has 2 rings (SSSR count). The molecule has 0 aliphatic carbocycles. The maximum absolute atomic E-state index is 9.35. The van der Waals surface area contributed by atoms with E-state index in [1.54, 1.807) is 0 Å². The first-order valence-corrected chi connectivity index (χ1v) is 6.04. The van der Waals surface area contributed by atoms with Crippen LogP contribution < -0.4 is 5.73 Å². The van der Waals surface area contributed by atoms with Crippen molar-refractivity contribution in [2.75, 3.05) is 19.8 Å². The summed E-state index contributed by atoms with van der Waals surface area (Å²) in [6, 6.07) is 4.09. The molecule has 1 aromatic carbocycles. The van der Waals surface area contributed by atoms with Crippen LogP contribution in [0.1, 0.15) is 22.3 Å². The highest BCUT2D eigenvalue weighted by molar-refractivity contribution is 5.45. The van der Waals surface area contributed by atoms with Gasteiger partial charge in [0.15, 0.2) is 0 Å². The molecule has 0 aromatic heterocycles. The second-order valence-electron chi connectivity index (χ2n) is 5.21. The Bertz CT molecular complexity index is 401. The van der Waals surface area contributed by atoms with Crippen molar-refractivity contribution in [3.63, 3.8) is 0 Å². The summed E-state index contributed by atoms with van der Waals surface area (Å²) in [6.45, 7) is 7.54. The molecule has 1 fully saturated rings. The van der Waals surface area contributed by atoms with Gasteiger partial charge in [0.2, 0.25) is 0 Å². The lowest BCUT2D eigenvalue weighted by Gasteiger charge is -2.47. The first kappa shape index (κ1) is 12.6. The molecule has 17 heavy (non-hydrogen) atoms. The van der Waals surface area contributed by atoms with Crippen molar-refractivity contribution in [2.45, 2.75) is 32.2 Å². The van der Waals surface area contributed by atoms with Gasteiger partial charge in [0.25, 0.3) is 0 Å². The van der Waals surface area contributed by atoms with Crippen LogP contribution in [0.2, 0.25) is 0 Å². The minimum atomic E-state index is -0.253. The molecule has 0 spiro atoms. The van der Waals surface area contributed by atoms with E-state index in [9.17, 15) is 5.11 Å². The lowest BCUT2D eigenvalue weighted by molar-refractivity contribution is -0.0804. The zero-order valence-electron chi connectivity index (χ0n) is 10.8. The van der Waals surface area contributed by atoms with Crippen molar-refractivity contribution in [2.24, 2.45) is 5.73 Å². The molecule has 3 heteroatoms. The Morgan fingerprint density at radius 2 is 1.82 bits per heavy atom. The first-order chi connectivity index (χ1) is 8.01. The third-order valence-corrected chi connectivity index (χ3v) is 3.80. The van der Waals surface area contributed by atoms with E-state index in [0.29, 0.717) is 13.2 Å². The van der Waals surface area contributed by atoms with Gasteiger partial charge in [0.05, 0.1) is 25.2 Å². The minimum Gasteiger partial charge on any atom is -0.395 e. The van der Waals surface area contributed by atoms with Gasteiger partial charge in [-0.25, -0.2) is 0 Å². The van der Waals surface area contributed by atoms with Gasteiger partial charge < -0.3 is 15.6 Å². The van der Waals surface area contributed by atoms with E-state index in [4.69, 9.17) is 10.5 Å². The zero-order chi connectivity index (χ0) is 12.6. The Morgan fingerprint density at radius 1 is 1.29 bits per heavy atom. The monoisotopic (exact) mass is 235 g/mol. The quantitative estimate of drug-likeness (QED) is 0.827. The summed E-state index contributed by atoms with van der Waals surface area (Å²) in [5.41, 5.74) is 10.9. The van der Waals surface area contributed by atoms with Crippen molar-refractivity contribution in [1.82, 2.24) is 0 Å². The number of hydrogen-bond acceptors (Lipinski definition) is 3. The molecule has 1 aromatic rings. The van der Waals surface area contributed by atoms with Gasteiger partial charge >= 0.3 is 0 Å². The molecule has 3 nitrogen and oxygen atoms in total. The third kappa shape index (κ3) is 1.88. The van der Waals surface area contributed by atoms with Crippen LogP contribution >= 0.6 is 0 Å². The Morgan fingerprint density at radius 3 is 2.18 bits per heavy atom. The van der Waals surface area contributed by atoms with Crippen molar-refractivity contribution in [3.05, 3.63) is 34.4 Å². The highest BCUT2D eigenvalue weighted by atomic mass is 16.5. The van der Waals surface area contributed by atoms with Gasteiger partial charge in [-0.05, 0) is 37.5 Å².